The van der Waals surface area contributed by atoms with Gasteiger partial charge < -0.3 is 20.7 Å². The summed E-state index contributed by atoms with van der Waals surface area (Å²) in [6.45, 7) is 6.58. The number of benzene rings is 1. The summed E-state index contributed by atoms with van der Waals surface area (Å²) >= 11 is 1.63. The molecule has 0 radical (unpaired) electrons. The number of nitrogens with zero attached hydrogens (tertiary/aromatic N) is 2. The van der Waals surface area contributed by atoms with Crippen molar-refractivity contribution in [1.29, 1.82) is 0 Å². The van der Waals surface area contributed by atoms with Gasteiger partial charge in [0.1, 0.15) is 0 Å². The monoisotopic (exact) mass is 320 g/mol. The van der Waals surface area contributed by atoms with Crippen molar-refractivity contribution < 1.29 is 9.53 Å². The number of carbonyl (C=O) groups is 1. The Kier molecular flexibility index (Phi) is 4.03. The lowest BCUT2D eigenvalue weighted by atomic mass is 10.1. The van der Waals surface area contributed by atoms with Gasteiger partial charge in [0.25, 0.3) is 0 Å². The van der Waals surface area contributed by atoms with Crippen LogP contribution in [0.25, 0.3) is 10.2 Å². The maximum Gasteiger partial charge on any atom is 0.243 e. The molecule has 0 unspecified atom stereocenters. The molecule has 1 aliphatic heterocycles. The highest BCUT2D eigenvalue weighted by molar-refractivity contribution is 7.22. The summed E-state index contributed by atoms with van der Waals surface area (Å²) in [6, 6.07) is 5.73. The molecule has 3 N–H and O–H groups in total. The van der Waals surface area contributed by atoms with Gasteiger partial charge in [0.2, 0.25) is 5.91 Å². The number of aromatic nitrogens is 1. The molecule has 1 fully saturated rings. The van der Waals surface area contributed by atoms with E-state index in [2.05, 4.69) is 15.2 Å². The molecule has 22 heavy (non-hydrogen) atoms. The third-order valence-electron chi connectivity index (χ3n) is 3.50. The number of rotatable bonds is 3. The third-order valence-corrected chi connectivity index (χ3v) is 4.58. The second kappa shape index (κ2) is 5.83. The zero-order valence-electron chi connectivity index (χ0n) is 12.8. The molecule has 1 aliphatic rings. The topological polar surface area (TPSA) is 80.5 Å². The number of thiazole rings is 1. The van der Waals surface area contributed by atoms with Crippen molar-refractivity contribution in [2.24, 2.45) is 5.73 Å². The predicted octanol–water partition coefficient (Wildman–Crippen LogP) is 1.81. The first-order valence-electron chi connectivity index (χ1n) is 7.27. The molecular formula is C15H20N4O2S. The highest BCUT2D eigenvalue weighted by Gasteiger charge is 2.22. The summed E-state index contributed by atoms with van der Waals surface area (Å²) in [5.74, 6) is -0.204. The van der Waals surface area contributed by atoms with E-state index in [9.17, 15) is 4.79 Å². The predicted molar refractivity (Wildman–Crippen MR) is 89.5 cm³/mol. The fourth-order valence-electron chi connectivity index (χ4n) is 2.17. The van der Waals surface area contributed by atoms with Crippen LogP contribution in [0.15, 0.2) is 18.2 Å². The number of hydrogen-bond donors (Lipinski definition) is 2. The number of morpholine rings is 1. The highest BCUT2D eigenvalue weighted by atomic mass is 32.1. The number of hydrogen-bond acceptors (Lipinski definition) is 6. The fourth-order valence-corrected chi connectivity index (χ4v) is 3.23. The minimum absolute atomic E-state index is 0.204. The average Bonchev–Trinajstić information content (AvgIpc) is 2.90. The standard InChI is InChI=1S/C15H20N4O2S/c1-15(2,16)13(20)17-10-3-4-11-12(9-10)22-14(18-11)19-5-7-21-8-6-19/h3-4,9H,5-8,16H2,1-2H3,(H,17,20). The first kappa shape index (κ1) is 15.2. The van der Waals surface area contributed by atoms with Gasteiger partial charge in [-0.3, -0.25) is 4.79 Å². The Hall–Kier alpha value is -1.70. The second-order valence-corrected chi connectivity index (χ2v) is 6.96. The maximum atomic E-state index is 12.0. The zero-order chi connectivity index (χ0) is 15.7. The van der Waals surface area contributed by atoms with E-state index in [4.69, 9.17) is 10.5 Å². The van der Waals surface area contributed by atoms with Crippen LogP contribution in [0.1, 0.15) is 13.8 Å². The molecule has 1 aromatic heterocycles. The van der Waals surface area contributed by atoms with Crippen LogP contribution in [0.2, 0.25) is 0 Å². The summed E-state index contributed by atoms with van der Waals surface area (Å²) in [5, 5.41) is 3.85. The molecule has 118 valence electrons. The highest BCUT2D eigenvalue weighted by Crippen LogP contribution is 2.31. The SMILES string of the molecule is CC(C)(N)C(=O)Nc1ccc2nc(N3CCOCC3)sc2c1. The van der Waals surface area contributed by atoms with Crippen LogP contribution >= 0.6 is 11.3 Å². The quantitative estimate of drug-likeness (QED) is 0.901. The molecular weight excluding hydrogens is 300 g/mol. The maximum absolute atomic E-state index is 12.0. The van der Waals surface area contributed by atoms with Gasteiger partial charge in [-0.1, -0.05) is 11.3 Å². The Morgan fingerprint density at radius 2 is 2.14 bits per heavy atom. The zero-order valence-corrected chi connectivity index (χ0v) is 13.6. The van der Waals surface area contributed by atoms with Crippen LogP contribution in [0.3, 0.4) is 0 Å². The van der Waals surface area contributed by atoms with Gasteiger partial charge in [0.15, 0.2) is 5.13 Å². The van der Waals surface area contributed by atoms with E-state index in [1.807, 2.05) is 18.2 Å². The lowest BCUT2D eigenvalue weighted by Crippen LogP contribution is -2.45. The summed E-state index contributed by atoms with van der Waals surface area (Å²) in [7, 11) is 0. The van der Waals surface area contributed by atoms with E-state index in [1.54, 1.807) is 25.2 Å². The van der Waals surface area contributed by atoms with E-state index in [0.29, 0.717) is 0 Å². The molecule has 2 heterocycles. The van der Waals surface area contributed by atoms with Crippen LogP contribution < -0.4 is 16.0 Å². The Labute approximate surface area is 133 Å². The van der Waals surface area contributed by atoms with E-state index in [1.165, 1.54) is 0 Å². The van der Waals surface area contributed by atoms with Crippen molar-refractivity contribution in [1.82, 2.24) is 4.98 Å². The molecule has 6 nitrogen and oxygen atoms in total. The molecule has 3 rings (SSSR count). The van der Waals surface area contributed by atoms with E-state index in [-0.39, 0.29) is 5.91 Å². The van der Waals surface area contributed by atoms with Gasteiger partial charge >= 0.3 is 0 Å². The van der Waals surface area contributed by atoms with Gasteiger partial charge in [-0.25, -0.2) is 4.98 Å². The Morgan fingerprint density at radius 1 is 1.41 bits per heavy atom. The summed E-state index contributed by atoms with van der Waals surface area (Å²) in [4.78, 5) is 18.8. The second-order valence-electron chi connectivity index (χ2n) is 5.95. The summed E-state index contributed by atoms with van der Waals surface area (Å²) in [5.41, 5.74) is 6.58. The van der Waals surface area contributed by atoms with Gasteiger partial charge in [-0.05, 0) is 32.0 Å². The molecule has 2 aromatic rings. The first-order chi connectivity index (χ1) is 10.4. The average molecular weight is 320 g/mol. The van der Waals surface area contributed by atoms with E-state index < -0.39 is 5.54 Å². The van der Waals surface area contributed by atoms with Crippen LogP contribution in [0.5, 0.6) is 0 Å². The van der Waals surface area contributed by atoms with Crippen molar-refractivity contribution >= 4 is 38.3 Å². The van der Waals surface area contributed by atoms with Gasteiger partial charge in [-0.15, -0.1) is 0 Å². The number of nitrogens with two attached hydrogens (primary N) is 1. The number of anilines is 2. The minimum atomic E-state index is -0.901. The van der Waals surface area contributed by atoms with Crippen molar-refractivity contribution in [3.8, 4) is 0 Å². The Bertz CT molecular complexity index is 686. The van der Waals surface area contributed by atoms with Crippen molar-refractivity contribution in [2.75, 3.05) is 36.5 Å². The lowest BCUT2D eigenvalue weighted by Gasteiger charge is -2.25. The lowest BCUT2D eigenvalue weighted by molar-refractivity contribution is -0.120. The number of nitrogens with one attached hydrogen (secondary N) is 1. The molecule has 7 heteroatoms. The van der Waals surface area contributed by atoms with Crippen LogP contribution in [-0.4, -0.2) is 42.7 Å². The molecule has 1 saturated heterocycles. The number of carbonyl (C=O) groups excluding carboxylic acids is 1. The van der Waals surface area contributed by atoms with Crippen LogP contribution in [0, 0.1) is 0 Å². The number of fused-ring (bicyclic) bond motifs is 1. The van der Waals surface area contributed by atoms with Gasteiger partial charge in [0, 0.05) is 18.8 Å². The minimum Gasteiger partial charge on any atom is -0.378 e. The molecule has 0 aliphatic carbocycles. The van der Waals surface area contributed by atoms with Crippen molar-refractivity contribution in [3.63, 3.8) is 0 Å². The normalized spacial score (nSPS) is 16.0. The van der Waals surface area contributed by atoms with Crippen LogP contribution in [0.4, 0.5) is 10.8 Å². The summed E-state index contributed by atoms with van der Waals surface area (Å²) < 4.78 is 6.42. The number of ether oxygens (including phenoxy) is 1. The molecule has 0 spiro atoms. The van der Waals surface area contributed by atoms with E-state index in [0.717, 1.165) is 47.3 Å². The smallest absolute Gasteiger partial charge is 0.243 e. The van der Waals surface area contributed by atoms with E-state index >= 15 is 0 Å². The number of amides is 1. The van der Waals surface area contributed by atoms with Crippen molar-refractivity contribution in [2.45, 2.75) is 19.4 Å². The Morgan fingerprint density at radius 3 is 2.82 bits per heavy atom. The molecule has 0 saturated carbocycles. The fraction of sp³-hybridized carbons (Fsp3) is 0.467. The summed E-state index contributed by atoms with van der Waals surface area (Å²) in [6.07, 6.45) is 0. The van der Waals surface area contributed by atoms with Crippen LogP contribution in [-0.2, 0) is 9.53 Å². The Balaban J connectivity index is 1.82. The molecule has 0 atom stereocenters. The third kappa shape index (κ3) is 3.21. The van der Waals surface area contributed by atoms with Gasteiger partial charge in [0.05, 0.1) is 29.0 Å². The largest absolute Gasteiger partial charge is 0.378 e. The molecule has 0 bridgehead atoms. The van der Waals surface area contributed by atoms with Gasteiger partial charge in [-0.2, -0.15) is 0 Å². The van der Waals surface area contributed by atoms with Crippen molar-refractivity contribution in [3.05, 3.63) is 18.2 Å². The molecule has 1 aromatic carbocycles. The molecule has 1 amide bonds. The first-order valence-corrected chi connectivity index (χ1v) is 8.09.